The van der Waals surface area contributed by atoms with Crippen LogP contribution in [0.15, 0.2) is 42.6 Å². The van der Waals surface area contributed by atoms with E-state index in [1.165, 1.54) is 44.5 Å². The molecule has 20 heavy (non-hydrogen) atoms. The van der Waals surface area contributed by atoms with Crippen molar-refractivity contribution in [3.63, 3.8) is 0 Å². The van der Waals surface area contributed by atoms with Gasteiger partial charge in [0.15, 0.2) is 0 Å². The van der Waals surface area contributed by atoms with Gasteiger partial charge in [-0.1, -0.05) is 43.8 Å². The summed E-state index contributed by atoms with van der Waals surface area (Å²) in [5.41, 5.74) is 2.71. The van der Waals surface area contributed by atoms with E-state index in [2.05, 4.69) is 67.6 Å². The van der Waals surface area contributed by atoms with E-state index in [1.54, 1.807) is 0 Å². The van der Waals surface area contributed by atoms with Crippen molar-refractivity contribution in [3.05, 3.63) is 48.2 Å². The lowest BCUT2D eigenvalue weighted by molar-refractivity contribution is 0.0594. The summed E-state index contributed by atoms with van der Waals surface area (Å²) in [6, 6.07) is 11.0. The molecule has 1 heterocycles. The third-order valence-electron chi connectivity index (χ3n) is 4.75. The van der Waals surface area contributed by atoms with Gasteiger partial charge in [0.1, 0.15) is 0 Å². The Bertz CT molecular complexity index is 430. The normalized spacial score (nSPS) is 18.8. The molecule has 2 nitrogen and oxygen atoms in total. The second-order valence-electron chi connectivity index (χ2n) is 6.03. The number of allylic oxidation sites excluding steroid dienone is 1. The van der Waals surface area contributed by atoms with Gasteiger partial charge < -0.3 is 9.80 Å². The van der Waals surface area contributed by atoms with E-state index in [0.717, 1.165) is 5.70 Å². The average Bonchev–Trinajstić information content (AvgIpc) is 2.48. The number of hydrogen-bond acceptors (Lipinski definition) is 2. The van der Waals surface area contributed by atoms with Gasteiger partial charge in [-0.2, -0.15) is 0 Å². The smallest absolute Gasteiger partial charge is 0.0671 e. The minimum Gasteiger partial charge on any atom is -0.369 e. The van der Waals surface area contributed by atoms with Crippen molar-refractivity contribution in [1.82, 2.24) is 9.80 Å². The molecule has 1 aliphatic heterocycles. The van der Waals surface area contributed by atoms with Crippen molar-refractivity contribution in [2.45, 2.75) is 38.6 Å². The molecule has 1 aliphatic rings. The van der Waals surface area contributed by atoms with E-state index in [0.29, 0.717) is 0 Å². The summed E-state index contributed by atoms with van der Waals surface area (Å²) in [6.45, 7) is 12.1. The van der Waals surface area contributed by atoms with Crippen molar-refractivity contribution in [2.75, 3.05) is 26.7 Å². The fourth-order valence-electron chi connectivity index (χ4n) is 3.39. The molecule has 0 bridgehead atoms. The molecule has 2 rings (SSSR count). The molecule has 0 unspecified atom stereocenters. The molecule has 0 aliphatic carbocycles. The van der Waals surface area contributed by atoms with Crippen molar-refractivity contribution >= 4 is 0 Å². The van der Waals surface area contributed by atoms with Gasteiger partial charge in [0.25, 0.3) is 0 Å². The summed E-state index contributed by atoms with van der Waals surface area (Å²) >= 11 is 0. The predicted octanol–water partition coefficient (Wildman–Crippen LogP) is 3.85. The van der Waals surface area contributed by atoms with Crippen molar-refractivity contribution in [1.29, 1.82) is 0 Å². The lowest BCUT2D eigenvalue weighted by Crippen LogP contribution is -2.51. The highest BCUT2D eigenvalue weighted by Gasteiger charge is 2.39. The SMILES string of the molecule is C=C(C)N(C)C1(c2ccccc2)CCN(CCC)CC1. The Kier molecular flexibility index (Phi) is 4.87. The Hall–Kier alpha value is -1.28. The summed E-state index contributed by atoms with van der Waals surface area (Å²) in [5, 5.41) is 0. The van der Waals surface area contributed by atoms with Crippen molar-refractivity contribution < 1.29 is 0 Å². The summed E-state index contributed by atoms with van der Waals surface area (Å²) < 4.78 is 0. The fourth-order valence-corrected chi connectivity index (χ4v) is 3.39. The van der Waals surface area contributed by atoms with Gasteiger partial charge in [0, 0.05) is 25.8 Å². The molecule has 0 saturated carbocycles. The second kappa shape index (κ2) is 6.45. The van der Waals surface area contributed by atoms with Crippen LogP contribution in [0.1, 0.15) is 38.7 Å². The van der Waals surface area contributed by atoms with Crippen LogP contribution in [-0.4, -0.2) is 36.5 Å². The van der Waals surface area contributed by atoms with Crippen molar-refractivity contribution in [3.8, 4) is 0 Å². The van der Waals surface area contributed by atoms with E-state index >= 15 is 0 Å². The molecular weight excluding hydrogens is 244 g/mol. The molecule has 0 spiro atoms. The van der Waals surface area contributed by atoms with E-state index < -0.39 is 0 Å². The maximum absolute atomic E-state index is 4.17. The first-order chi connectivity index (χ1) is 9.60. The molecule has 0 aromatic heterocycles. The Balaban J connectivity index is 2.26. The van der Waals surface area contributed by atoms with E-state index in [-0.39, 0.29) is 5.54 Å². The molecule has 1 aromatic rings. The minimum atomic E-state index is 0.122. The Morgan fingerprint density at radius 3 is 2.35 bits per heavy atom. The maximum Gasteiger partial charge on any atom is 0.0671 e. The molecule has 0 amide bonds. The van der Waals surface area contributed by atoms with E-state index in [9.17, 15) is 0 Å². The quantitative estimate of drug-likeness (QED) is 0.803. The first kappa shape index (κ1) is 15.1. The zero-order valence-corrected chi connectivity index (χ0v) is 13.2. The lowest BCUT2D eigenvalue weighted by atomic mass is 9.79. The van der Waals surface area contributed by atoms with Crippen LogP contribution in [0.3, 0.4) is 0 Å². The van der Waals surface area contributed by atoms with Gasteiger partial charge in [-0.3, -0.25) is 0 Å². The van der Waals surface area contributed by atoms with Gasteiger partial charge >= 0.3 is 0 Å². The van der Waals surface area contributed by atoms with Crippen LogP contribution in [0.5, 0.6) is 0 Å². The fraction of sp³-hybridized carbons (Fsp3) is 0.556. The second-order valence-corrected chi connectivity index (χ2v) is 6.03. The first-order valence-electron chi connectivity index (χ1n) is 7.77. The predicted molar refractivity (Wildman–Crippen MR) is 86.7 cm³/mol. The highest BCUT2D eigenvalue weighted by atomic mass is 15.2. The monoisotopic (exact) mass is 272 g/mol. The van der Waals surface area contributed by atoms with E-state index in [1.807, 2.05) is 0 Å². The minimum absolute atomic E-state index is 0.122. The van der Waals surface area contributed by atoms with Gasteiger partial charge in [0.05, 0.1) is 5.54 Å². The van der Waals surface area contributed by atoms with Gasteiger partial charge in [-0.05, 0) is 38.3 Å². The summed E-state index contributed by atoms with van der Waals surface area (Å²) in [4.78, 5) is 4.99. The third-order valence-corrected chi connectivity index (χ3v) is 4.75. The number of rotatable bonds is 5. The third kappa shape index (κ3) is 2.90. The van der Waals surface area contributed by atoms with Crippen LogP contribution >= 0.6 is 0 Å². The molecule has 1 saturated heterocycles. The molecular formula is C18H28N2. The van der Waals surface area contributed by atoms with Crippen LogP contribution in [0.2, 0.25) is 0 Å². The van der Waals surface area contributed by atoms with Crippen LogP contribution in [-0.2, 0) is 5.54 Å². The Labute approximate surface area is 124 Å². The Morgan fingerprint density at radius 1 is 1.25 bits per heavy atom. The zero-order chi connectivity index (χ0) is 14.6. The number of piperidine rings is 1. The zero-order valence-electron chi connectivity index (χ0n) is 13.2. The number of nitrogens with zero attached hydrogens (tertiary/aromatic N) is 2. The maximum atomic E-state index is 4.17. The van der Waals surface area contributed by atoms with Crippen LogP contribution in [0.4, 0.5) is 0 Å². The first-order valence-corrected chi connectivity index (χ1v) is 7.77. The molecule has 0 N–H and O–H groups in total. The van der Waals surface area contributed by atoms with Gasteiger partial charge in [-0.15, -0.1) is 0 Å². The van der Waals surface area contributed by atoms with Crippen LogP contribution in [0.25, 0.3) is 0 Å². The summed E-state index contributed by atoms with van der Waals surface area (Å²) in [5.74, 6) is 0. The number of likely N-dealkylation sites (tertiary alicyclic amines) is 1. The largest absolute Gasteiger partial charge is 0.369 e. The van der Waals surface area contributed by atoms with Crippen LogP contribution < -0.4 is 0 Å². The molecule has 110 valence electrons. The highest BCUT2D eigenvalue weighted by molar-refractivity contribution is 5.27. The topological polar surface area (TPSA) is 6.48 Å². The van der Waals surface area contributed by atoms with Gasteiger partial charge in [-0.25, -0.2) is 0 Å². The lowest BCUT2D eigenvalue weighted by Gasteiger charge is -2.49. The molecule has 0 radical (unpaired) electrons. The standard InChI is InChI=1S/C18H28N2/c1-5-13-20-14-11-18(12-15-20,19(4)16(2)3)17-9-7-6-8-10-17/h6-10H,2,5,11-15H2,1,3-4H3. The number of benzene rings is 1. The van der Waals surface area contributed by atoms with Crippen LogP contribution in [0, 0.1) is 0 Å². The summed E-state index contributed by atoms with van der Waals surface area (Å²) in [7, 11) is 2.20. The van der Waals surface area contributed by atoms with Crippen molar-refractivity contribution in [2.24, 2.45) is 0 Å². The van der Waals surface area contributed by atoms with E-state index in [4.69, 9.17) is 0 Å². The summed E-state index contributed by atoms with van der Waals surface area (Å²) in [6.07, 6.45) is 3.61. The molecule has 2 heteroatoms. The Morgan fingerprint density at radius 2 is 1.85 bits per heavy atom. The molecule has 1 aromatic carbocycles. The molecule has 1 fully saturated rings. The van der Waals surface area contributed by atoms with Gasteiger partial charge in [0.2, 0.25) is 0 Å². The molecule has 0 atom stereocenters. The highest BCUT2D eigenvalue weighted by Crippen LogP contribution is 2.39. The average molecular weight is 272 g/mol. The number of hydrogen-bond donors (Lipinski definition) is 0.